The van der Waals surface area contributed by atoms with Crippen molar-refractivity contribution in [3.8, 4) is 0 Å². The van der Waals surface area contributed by atoms with E-state index in [4.69, 9.17) is 34.8 Å². The molecule has 11 heteroatoms. The van der Waals surface area contributed by atoms with E-state index in [1.54, 1.807) is 43.3 Å². The topological polar surface area (TPSA) is 86.8 Å². The van der Waals surface area contributed by atoms with Gasteiger partial charge in [-0.1, -0.05) is 77.6 Å². The Labute approximate surface area is 251 Å². The number of hydrogen-bond acceptors (Lipinski definition) is 4. The van der Waals surface area contributed by atoms with Crippen LogP contribution in [0.15, 0.2) is 71.6 Å². The molecule has 2 atom stereocenters. The summed E-state index contributed by atoms with van der Waals surface area (Å²) >= 11 is 18.7. The highest BCUT2D eigenvalue weighted by atomic mass is 35.5. The highest BCUT2D eigenvalue weighted by Crippen LogP contribution is 2.31. The number of sulfonamides is 1. The van der Waals surface area contributed by atoms with Crippen LogP contribution in [0.5, 0.6) is 0 Å². The van der Waals surface area contributed by atoms with E-state index in [1.807, 2.05) is 20.8 Å². The lowest BCUT2D eigenvalue weighted by Gasteiger charge is -2.32. The second-order valence-electron chi connectivity index (χ2n) is 9.53. The van der Waals surface area contributed by atoms with Crippen molar-refractivity contribution in [3.63, 3.8) is 0 Å². The maximum absolute atomic E-state index is 14.0. The average molecular weight is 625 g/mol. The Morgan fingerprint density at radius 3 is 2.15 bits per heavy atom. The summed E-state index contributed by atoms with van der Waals surface area (Å²) < 4.78 is 28.7. The first kappa shape index (κ1) is 31.7. The Kier molecular flexibility index (Phi) is 10.9. The van der Waals surface area contributed by atoms with Crippen molar-refractivity contribution in [2.75, 3.05) is 10.8 Å². The lowest BCUT2D eigenvalue weighted by molar-refractivity contribution is -0.139. The molecule has 214 valence electrons. The molecule has 2 amide bonds. The van der Waals surface area contributed by atoms with Crippen molar-refractivity contribution < 1.29 is 18.0 Å². The van der Waals surface area contributed by atoms with Crippen LogP contribution < -0.4 is 9.62 Å². The highest BCUT2D eigenvalue weighted by Gasteiger charge is 2.33. The Bertz CT molecular complexity index is 1470. The number of halogens is 3. The molecule has 0 saturated heterocycles. The Balaban J connectivity index is 2.06. The quantitative estimate of drug-likeness (QED) is 0.265. The molecule has 0 aromatic heterocycles. The minimum atomic E-state index is -4.22. The third-order valence-electron chi connectivity index (χ3n) is 6.55. The van der Waals surface area contributed by atoms with Gasteiger partial charge in [0.05, 0.1) is 20.6 Å². The van der Waals surface area contributed by atoms with Crippen LogP contribution in [-0.4, -0.2) is 43.8 Å². The van der Waals surface area contributed by atoms with Gasteiger partial charge >= 0.3 is 0 Å². The number of carbonyl (C=O) groups is 2. The predicted molar refractivity (Wildman–Crippen MR) is 162 cm³/mol. The third kappa shape index (κ3) is 7.69. The molecule has 0 aliphatic heterocycles. The van der Waals surface area contributed by atoms with E-state index in [2.05, 4.69) is 5.32 Å². The van der Waals surface area contributed by atoms with Gasteiger partial charge < -0.3 is 10.2 Å². The lowest BCUT2D eigenvalue weighted by Crippen LogP contribution is -2.52. The van der Waals surface area contributed by atoms with Crippen molar-refractivity contribution in [2.24, 2.45) is 0 Å². The van der Waals surface area contributed by atoms with Crippen LogP contribution in [0, 0.1) is 6.92 Å². The fraction of sp³-hybridized carbons (Fsp3) is 0.310. The van der Waals surface area contributed by atoms with Crippen molar-refractivity contribution in [2.45, 2.75) is 57.6 Å². The van der Waals surface area contributed by atoms with Crippen LogP contribution >= 0.6 is 34.8 Å². The normalized spacial score (nSPS) is 12.9. The van der Waals surface area contributed by atoms with Gasteiger partial charge in [0.25, 0.3) is 10.0 Å². The van der Waals surface area contributed by atoms with Gasteiger partial charge in [-0.25, -0.2) is 8.42 Å². The first-order valence-corrected chi connectivity index (χ1v) is 15.3. The molecule has 0 aliphatic carbocycles. The van der Waals surface area contributed by atoms with E-state index in [0.717, 1.165) is 9.87 Å². The zero-order valence-corrected chi connectivity index (χ0v) is 25.8. The second kappa shape index (κ2) is 13.7. The van der Waals surface area contributed by atoms with Crippen molar-refractivity contribution in [3.05, 3.63) is 92.9 Å². The summed E-state index contributed by atoms with van der Waals surface area (Å²) in [5, 5.41) is 3.68. The summed E-state index contributed by atoms with van der Waals surface area (Å²) in [5.41, 5.74) is 1.64. The van der Waals surface area contributed by atoms with Crippen LogP contribution in [0.2, 0.25) is 15.1 Å². The third-order valence-corrected chi connectivity index (χ3v) is 9.44. The van der Waals surface area contributed by atoms with E-state index in [1.165, 1.54) is 35.2 Å². The first-order chi connectivity index (χ1) is 18.8. The summed E-state index contributed by atoms with van der Waals surface area (Å²) in [5.74, 6) is -0.967. The Hall–Kier alpha value is -2.78. The first-order valence-electron chi connectivity index (χ1n) is 12.7. The van der Waals surface area contributed by atoms with Gasteiger partial charge in [-0.15, -0.1) is 0 Å². The van der Waals surface area contributed by atoms with Crippen LogP contribution in [0.1, 0.15) is 38.3 Å². The molecule has 0 radical (unpaired) electrons. The van der Waals surface area contributed by atoms with Gasteiger partial charge in [0.15, 0.2) is 0 Å². The molecule has 0 fully saturated rings. The largest absolute Gasteiger partial charge is 0.352 e. The standard InChI is InChI=1S/C29H32Cl3N3O4S/c1-5-20(3)33-29(37)21(4)34(17-22-8-6-7-9-25(22)30)28(36)18-35(23-12-15-26(31)27(32)16-23)40(38,39)24-13-10-19(2)11-14-24/h6-16,20-21H,5,17-18H2,1-4H3,(H,33,37)/t20-,21-/m1/s1. The minimum Gasteiger partial charge on any atom is -0.352 e. The van der Waals surface area contributed by atoms with Crippen LogP contribution in [0.3, 0.4) is 0 Å². The van der Waals surface area contributed by atoms with E-state index in [0.29, 0.717) is 17.0 Å². The number of benzene rings is 3. The van der Waals surface area contributed by atoms with Crippen molar-refractivity contribution in [1.82, 2.24) is 10.2 Å². The molecular formula is C29H32Cl3N3O4S. The minimum absolute atomic E-state index is 0.00260. The monoisotopic (exact) mass is 623 g/mol. The Morgan fingerprint density at radius 1 is 0.900 bits per heavy atom. The number of nitrogens with zero attached hydrogens (tertiary/aromatic N) is 2. The fourth-order valence-corrected chi connectivity index (χ4v) is 5.76. The van der Waals surface area contributed by atoms with Crippen molar-refractivity contribution >= 4 is 62.3 Å². The molecule has 7 nitrogen and oxygen atoms in total. The SMILES string of the molecule is CC[C@@H](C)NC(=O)[C@@H](C)N(Cc1ccccc1Cl)C(=O)CN(c1ccc(Cl)c(Cl)c1)S(=O)(=O)c1ccc(C)cc1. The van der Waals surface area contributed by atoms with Gasteiger partial charge in [0, 0.05) is 17.6 Å². The average Bonchev–Trinajstić information content (AvgIpc) is 2.92. The molecule has 40 heavy (non-hydrogen) atoms. The molecule has 0 aliphatic rings. The van der Waals surface area contributed by atoms with Crippen LogP contribution in [0.4, 0.5) is 5.69 Å². The Morgan fingerprint density at radius 2 is 1.55 bits per heavy atom. The number of rotatable bonds is 11. The molecule has 3 aromatic carbocycles. The summed E-state index contributed by atoms with van der Waals surface area (Å²) in [7, 11) is -4.22. The molecule has 0 heterocycles. The van der Waals surface area contributed by atoms with Gasteiger partial charge in [-0.2, -0.15) is 0 Å². The fourth-order valence-electron chi connectivity index (χ4n) is 3.86. The number of nitrogens with one attached hydrogen (secondary N) is 1. The summed E-state index contributed by atoms with van der Waals surface area (Å²) in [4.78, 5) is 28.4. The van der Waals surface area contributed by atoms with Gasteiger partial charge in [-0.05, 0) is 69.2 Å². The molecule has 0 saturated carbocycles. The van der Waals surface area contributed by atoms with E-state index in [9.17, 15) is 18.0 Å². The summed E-state index contributed by atoms with van der Waals surface area (Å²) in [6.45, 7) is 6.64. The number of anilines is 1. The molecule has 0 bridgehead atoms. The van der Waals surface area contributed by atoms with E-state index < -0.39 is 28.5 Å². The van der Waals surface area contributed by atoms with E-state index >= 15 is 0 Å². The molecule has 1 N–H and O–H groups in total. The van der Waals surface area contributed by atoms with Crippen LogP contribution in [-0.2, 0) is 26.2 Å². The number of carbonyl (C=O) groups excluding carboxylic acids is 2. The van der Waals surface area contributed by atoms with Crippen LogP contribution in [0.25, 0.3) is 0 Å². The molecular weight excluding hydrogens is 593 g/mol. The molecule has 3 aromatic rings. The number of aryl methyl sites for hydroxylation is 1. The predicted octanol–water partition coefficient (Wildman–Crippen LogP) is 6.48. The summed E-state index contributed by atoms with van der Waals surface area (Å²) in [6, 6.07) is 16.6. The van der Waals surface area contributed by atoms with E-state index in [-0.39, 0.29) is 39.1 Å². The number of hydrogen-bond donors (Lipinski definition) is 1. The maximum Gasteiger partial charge on any atom is 0.264 e. The highest BCUT2D eigenvalue weighted by molar-refractivity contribution is 7.92. The zero-order valence-electron chi connectivity index (χ0n) is 22.7. The van der Waals surface area contributed by atoms with Gasteiger partial charge in [0.2, 0.25) is 11.8 Å². The lowest BCUT2D eigenvalue weighted by atomic mass is 10.1. The summed E-state index contributed by atoms with van der Waals surface area (Å²) in [6.07, 6.45) is 0.705. The smallest absolute Gasteiger partial charge is 0.264 e. The van der Waals surface area contributed by atoms with Gasteiger partial charge in [0.1, 0.15) is 12.6 Å². The van der Waals surface area contributed by atoms with Crippen molar-refractivity contribution in [1.29, 1.82) is 0 Å². The molecule has 0 unspecified atom stereocenters. The second-order valence-corrected chi connectivity index (χ2v) is 12.6. The molecule has 0 spiro atoms. The zero-order chi connectivity index (χ0) is 29.6. The maximum atomic E-state index is 14.0. The van der Waals surface area contributed by atoms with Gasteiger partial charge in [-0.3, -0.25) is 13.9 Å². The molecule has 3 rings (SSSR count). The number of amides is 2.